The van der Waals surface area contributed by atoms with Crippen LogP contribution in [0.2, 0.25) is 0 Å². The van der Waals surface area contributed by atoms with Crippen LogP contribution in [0.4, 0.5) is 5.69 Å². The zero-order valence-electron chi connectivity index (χ0n) is 17.9. The lowest BCUT2D eigenvalue weighted by molar-refractivity contribution is -0.136. The third-order valence-corrected chi connectivity index (χ3v) is 5.21. The molecule has 31 heavy (non-hydrogen) atoms. The Labute approximate surface area is 190 Å². The summed E-state index contributed by atoms with van der Waals surface area (Å²) in [5, 5.41) is 2.91. The molecule has 0 aromatic heterocycles. The average molecular weight is 482 g/mol. The number of hydrogen-bond acceptors (Lipinski definition) is 4. The third kappa shape index (κ3) is 5.95. The van der Waals surface area contributed by atoms with Crippen molar-refractivity contribution in [1.29, 1.82) is 0 Å². The van der Waals surface area contributed by atoms with Crippen LogP contribution >= 0.6 is 15.9 Å². The summed E-state index contributed by atoms with van der Waals surface area (Å²) in [6.07, 6.45) is 0. The summed E-state index contributed by atoms with van der Waals surface area (Å²) in [4.78, 5) is 24.7. The molecule has 0 bridgehead atoms. The van der Waals surface area contributed by atoms with Crippen molar-refractivity contribution >= 4 is 33.5 Å². The predicted octanol–water partition coefficient (Wildman–Crippen LogP) is 5.92. The fourth-order valence-electron chi connectivity index (χ4n) is 3.16. The molecule has 1 N–H and O–H groups in total. The van der Waals surface area contributed by atoms with Crippen LogP contribution in [0.5, 0.6) is 11.5 Å². The Hall–Kier alpha value is -3.12. The van der Waals surface area contributed by atoms with E-state index in [1.807, 2.05) is 58.0 Å². The van der Waals surface area contributed by atoms with E-state index in [0.717, 1.165) is 32.4 Å². The summed E-state index contributed by atoms with van der Waals surface area (Å²) >= 11 is 3.44. The van der Waals surface area contributed by atoms with Gasteiger partial charge in [-0.15, -0.1) is 0 Å². The van der Waals surface area contributed by atoms with E-state index >= 15 is 0 Å². The first kappa shape index (κ1) is 22.6. The van der Waals surface area contributed by atoms with Crippen LogP contribution in [-0.4, -0.2) is 18.5 Å². The number of esters is 1. The summed E-state index contributed by atoms with van der Waals surface area (Å²) in [6, 6.07) is 16.2. The van der Waals surface area contributed by atoms with Gasteiger partial charge in [0, 0.05) is 15.7 Å². The summed E-state index contributed by atoms with van der Waals surface area (Å²) in [7, 11) is 0. The molecule has 3 aromatic carbocycles. The molecule has 0 heterocycles. The van der Waals surface area contributed by atoms with Crippen LogP contribution in [0.15, 0.2) is 59.1 Å². The van der Waals surface area contributed by atoms with Crippen LogP contribution in [0.25, 0.3) is 0 Å². The molecule has 0 radical (unpaired) electrons. The van der Waals surface area contributed by atoms with E-state index in [9.17, 15) is 9.59 Å². The topological polar surface area (TPSA) is 64.6 Å². The van der Waals surface area contributed by atoms with E-state index in [0.29, 0.717) is 17.1 Å². The largest absolute Gasteiger partial charge is 0.481 e. The molecule has 0 aliphatic heterocycles. The van der Waals surface area contributed by atoms with Crippen molar-refractivity contribution in [2.75, 3.05) is 11.9 Å². The number of hydrogen-bond donors (Lipinski definition) is 1. The molecule has 0 saturated heterocycles. The van der Waals surface area contributed by atoms with Gasteiger partial charge in [0.15, 0.2) is 6.61 Å². The Balaban J connectivity index is 1.58. The van der Waals surface area contributed by atoms with Gasteiger partial charge in [0.1, 0.15) is 11.5 Å². The number of aryl methyl sites for hydroxylation is 4. The minimum atomic E-state index is -0.519. The minimum absolute atomic E-state index is 0.210. The summed E-state index contributed by atoms with van der Waals surface area (Å²) < 4.78 is 11.9. The SMILES string of the molecule is Cc1ccc(C)c(NC(=O)c2ccc(OC(=O)COc3c(C)cc(Br)cc3C)cc2)c1. The molecule has 0 aliphatic carbocycles. The van der Waals surface area contributed by atoms with Gasteiger partial charge >= 0.3 is 5.97 Å². The normalized spacial score (nSPS) is 10.5. The quantitative estimate of drug-likeness (QED) is 0.350. The van der Waals surface area contributed by atoms with E-state index in [4.69, 9.17) is 9.47 Å². The second-order valence-corrected chi connectivity index (χ2v) is 8.34. The number of benzene rings is 3. The van der Waals surface area contributed by atoms with Crippen molar-refractivity contribution in [3.63, 3.8) is 0 Å². The van der Waals surface area contributed by atoms with Crippen molar-refractivity contribution < 1.29 is 19.1 Å². The van der Waals surface area contributed by atoms with Gasteiger partial charge in [-0.1, -0.05) is 28.1 Å². The highest BCUT2D eigenvalue weighted by Crippen LogP contribution is 2.27. The van der Waals surface area contributed by atoms with Crippen LogP contribution in [0, 0.1) is 27.7 Å². The Morgan fingerprint density at radius 1 is 0.871 bits per heavy atom. The zero-order chi connectivity index (χ0) is 22.5. The van der Waals surface area contributed by atoms with Gasteiger partial charge < -0.3 is 14.8 Å². The second-order valence-electron chi connectivity index (χ2n) is 7.43. The molecule has 1 amide bonds. The maximum atomic E-state index is 12.5. The summed E-state index contributed by atoms with van der Waals surface area (Å²) in [6.45, 7) is 7.54. The molecule has 0 saturated carbocycles. The molecule has 5 nitrogen and oxygen atoms in total. The van der Waals surface area contributed by atoms with Crippen LogP contribution in [-0.2, 0) is 4.79 Å². The van der Waals surface area contributed by atoms with E-state index in [1.54, 1.807) is 24.3 Å². The van der Waals surface area contributed by atoms with Gasteiger partial charge in [-0.2, -0.15) is 0 Å². The van der Waals surface area contributed by atoms with E-state index < -0.39 is 5.97 Å². The molecular weight excluding hydrogens is 458 g/mol. The van der Waals surface area contributed by atoms with Gasteiger partial charge in [-0.25, -0.2) is 4.79 Å². The van der Waals surface area contributed by atoms with Gasteiger partial charge in [0.25, 0.3) is 5.91 Å². The first-order valence-electron chi connectivity index (χ1n) is 9.82. The number of rotatable bonds is 6. The van der Waals surface area contributed by atoms with Crippen LogP contribution in [0.3, 0.4) is 0 Å². The molecular formula is C25H24BrNO4. The predicted molar refractivity (Wildman–Crippen MR) is 125 cm³/mol. The molecule has 0 unspecified atom stereocenters. The minimum Gasteiger partial charge on any atom is -0.481 e. The Bertz CT molecular complexity index is 1100. The maximum Gasteiger partial charge on any atom is 0.349 e. The van der Waals surface area contributed by atoms with Crippen LogP contribution in [0.1, 0.15) is 32.6 Å². The van der Waals surface area contributed by atoms with Gasteiger partial charge in [-0.05, 0) is 92.4 Å². The summed E-state index contributed by atoms with van der Waals surface area (Å²) in [5.74, 6) is 0.269. The zero-order valence-corrected chi connectivity index (χ0v) is 19.5. The average Bonchev–Trinajstić information content (AvgIpc) is 2.70. The van der Waals surface area contributed by atoms with Crippen molar-refractivity contribution in [3.8, 4) is 11.5 Å². The fourth-order valence-corrected chi connectivity index (χ4v) is 3.84. The highest BCUT2D eigenvalue weighted by Gasteiger charge is 2.12. The standard InChI is InChI=1S/C25H24BrNO4/c1-15-5-6-16(2)22(11-15)27-25(29)19-7-9-21(10-8-19)31-23(28)14-30-24-17(3)12-20(26)13-18(24)4/h5-13H,14H2,1-4H3,(H,27,29). The number of anilines is 1. The fraction of sp³-hybridized carbons (Fsp3) is 0.200. The van der Waals surface area contributed by atoms with Gasteiger partial charge in [0.05, 0.1) is 0 Å². The molecule has 0 aliphatic rings. The smallest absolute Gasteiger partial charge is 0.349 e. The molecule has 0 atom stereocenters. The van der Waals surface area contributed by atoms with Crippen molar-refractivity contribution in [2.45, 2.75) is 27.7 Å². The molecule has 6 heteroatoms. The third-order valence-electron chi connectivity index (χ3n) is 4.75. The number of nitrogens with one attached hydrogen (secondary N) is 1. The Kier molecular flexibility index (Phi) is 7.13. The lowest BCUT2D eigenvalue weighted by Crippen LogP contribution is -2.18. The maximum absolute atomic E-state index is 12.5. The Morgan fingerprint density at radius 3 is 2.16 bits per heavy atom. The Morgan fingerprint density at radius 2 is 1.52 bits per heavy atom. The molecule has 0 fully saturated rings. The molecule has 160 valence electrons. The molecule has 3 rings (SSSR count). The van der Waals surface area contributed by atoms with E-state index in [2.05, 4.69) is 21.2 Å². The number of carbonyl (C=O) groups excluding carboxylic acids is 2. The first-order chi connectivity index (χ1) is 14.7. The number of carbonyl (C=O) groups is 2. The van der Waals surface area contributed by atoms with Gasteiger partial charge in [-0.3, -0.25) is 4.79 Å². The second kappa shape index (κ2) is 9.79. The van der Waals surface area contributed by atoms with Crippen molar-refractivity contribution in [2.24, 2.45) is 0 Å². The molecule has 0 spiro atoms. The van der Waals surface area contributed by atoms with Gasteiger partial charge in [0.2, 0.25) is 0 Å². The lowest BCUT2D eigenvalue weighted by Gasteiger charge is -2.12. The molecule has 3 aromatic rings. The van der Waals surface area contributed by atoms with E-state index in [-0.39, 0.29) is 12.5 Å². The number of ether oxygens (including phenoxy) is 2. The first-order valence-corrected chi connectivity index (χ1v) is 10.6. The van der Waals surface area contributed by atoms with Crippen LogP contribution < -0.4 is 14.8 Å². The lowest BCUT2D eigenvalue weighted by atomic mass is 10.1. The monoisotopic (exact) mass is 481 g/mol. The number of amides is 1. The summed E-state index contributed by atoms with van der Waals surface area (Å²) in [5.41, 5.74) is 5.16. The van der Waals surface area contributed by atoms with Crippen molar-refractivity contribution in [3.05, 3.63) is 86.9 Å². The van der Waals surface area contributed by atoms with E-state index in [1.165, 1.54) is 0 Å². The van der Waals surface area contributed by atoms with Crippen molar-refractivity contribution in [1.82, 2.24) is 0 Å². The highest BCUT2D eigenvalue weighted by atomic mass is 79.9. The number of halogens is 1. The highest BCUT2D eigenvalue weighted by molar-refractivity contribution is 9.10.